The van der Waals surface area contributed by atoms with Crippen LogP contribution in [0.4, 0.5) is 0 Å². The number of likely N-dealkylation sites (tertiary alicyclic amines) is 1. The van der Waals surface area contributed by atoms with Crippen molar-refractivity contribution in [3.05, 3.63) is 35.4 Å². The van der Waals surface area contributed by atoms with Gasteiger partial charge in [0, 0.05) is 31.4 Å². The Morgan fingerprint density at radius 1 is 1.41 bits per heavy atom. The number of carbonyl (C=O) groups excluding carboxylic acids is 2. The average Bonchev–Trinajstić information content (AvgIpc) is 2.64. The zero-order valence-electron chi connectivity index (χ0n) is 9.68. The summed E-state index contributed by atoms with van der Waals surface area (Å²) in [5, 5.41) is 10.7. The second-order valence-corrected chi connectivity index (χ2v) is 4.48. The molecule has 1 fully saturated rings. The van der Waals surface area contributed by atoms with Crippen LogP contribution in [0.15, 0.2) is 24.3 Å². The van der Waals surface area contributed by atoms with Crippen molar-refractivity contribution < 1.29 is 14.7 Å². The molecular formula is C13H14NO3-. The molecular weight excluding hydrogens is 218 g/mol. The molecule has 0 N–H and O–H groups in total. The topological polar surface area (TPSA) is 60.4 Å². The largest absolute Gasteiger partial charge is 0.550 e. The van der Waals surface area contributed by atoms with Gasteiger partial charge in [-0.25, -0.2) is 0 Å². The van der Waals surface area contributed by atoms with E-state index in [1.165, 1.54) is 0 Å². The molecule has 1 aliphatic heterocycles. The summed E-state index contributed by atoms with van der Waals surface area (Å²) in [4.78, 5) is 23.9. The van der Waals surface area contributed by atoms with E-state index in [0.717, 1.165) is 11.1 Å². The van der Waals surface area contributed by atoms with Gasteiger partial charge in [-0.3, -0.25) is 4.79 Å². The quantitative estimate of drug-likeness (QED) is 0.742. The molecule has 4 nitrogen and oxygen atoms in total. The lowest BCUT2D eigenvalue weighted by atomic mass is 10.1. The maximum atomic E-state index is 11.6. The van der Waals surface area contributed by atoms with Gasteiger partial charge in [-0.15, -0.1) is 0 Å². The lowest BCUT2D eigenvalue weighted by Crippen LogP contribution is -2.33. The van der Waals surface area contributed by atoms with Gasteiger partial charge in [-0.2, -0.15) is 0 Å². The molecule has 0 spiro atoms. The second-order valence-electron chi connectivity index (χ2n) is 4.48. The Labute approximate surface area is 99.9 Å². The zero-order chi connectivity index (χ0) is 12.4. The van der Waals surface area contributed by atoms with E-state index in [0.29, 0.717) is 6.54 Å². The molecule has 0 radical (unpaired) electrons. The van der Waals surface area contributed by atoms with Crippen LogP contribution in [-0.4, -0.2) is 23.3 Å². The Balaban J connectivity index is 2.02. The van der Waals surface area contributed by atoms with Gasteiger partial charge in [0.15, 0.2) is 0 Å². The number of carbonyl (C=O) groups is 2. The predicted molar refractivity (Wildman–Crippen MR) is 59.7 cm³/mol. The van der Waals surface area contributed by atoms with Crippen LogP contribution in [0, 0.1) is 12.8 Å². The third-order valence-electron chi connectivity index (χ3n) is 3.04. The van der Waals surface area contributed by atoms with Gasteiger partial charge in [0.05, 0.1) is 0 Å². The summed E-state index contributed by atoms with van der Waals surface area (Å²) in [6.07, 6.45) is 0.0637. The van der Waals surface area contributed by atoms with Crippen LogP contribution in [-0.2, 0) is 16.1 Å². The fourth-order valence-corrected chi connectivity index (χ4v) is 2.00. The first-order valence-electron chi connectivity index (χ1n) is 5.60. The Morgan fingerprint density at radius 2 is 2.06 bits per heavy atom. The minimum Gasteiger partial charge on any atom is -0.550 e. The van der Waals surface area contributed by atoms with Crippen molar-refractivity contribution in [3.8, 4) is 0 Å². The molecule has 17 heavy (non-hydrogen) atoms. The summed E-state index contributed by atoms with van der Waals surface area (Å²) >= 11 is 0. The number of aliphatic carboxylic acids is 1. The first-order valence-corrected chi connectivity index (χ1v) is 5.60. The van der Waals surface area contributed by atoms with E-state index >= 15 is 0 Å². The average molecular weight is 232 g/mol. The normalized spacial score (nSPS) is 19.7. The lowest BCUT2D eigenvalue weighted by molar-refractivity contribution is -0.311. The standard InChI is InChI=1S/C13H15NO3/c1-9-2-4-10(5-3-9)7-14-8-11(13(16)17)6-12(14)15/h2-5,11H,6-8H2,1H3,(H,16,17)/p-1/t11-/m1/s1. The van der Waals surface area contributed by atoms with Gasteiger partial charge in [0.25, 0.3) is 0 Å². The van der Waals surface area contributed by atoms with Crippen LogP contribution >= 0.6 is 0 Å². The van der Waals surface area contributed by atoms with E-state index in [1.807, 2.05) is 31.2 Å². The number of amides is 1. The smallest absolute Gasteiger partial charge is 0.223 e. The van der Waals surface area contributed by atoms with Gasteiger partial charge in [0.2, 0.25) is 5.91 Å². The van der Waals surface area contributed by atoms with Crippen molar-refractivity contribution in [3.63, 3.8) is 0 Å². The molecule has 1 aromatic carbocycles. The van der Waals surface area contributed by atoms with Crippen LogP contribution in [0.2, 0.25) is 0 Å². The first kappa shape index (κ1) is 11.6. The van der Waals surface area contributed by atoms with E-state index in [4.69, 9.17) is 0 Å². The number of carboxylic acids is 1. The highest BCUT2D eigenvalue weighted by molar-refractivity contribution is 5.85. The maximum absolute atomic E-state index is 11.6. The third-order valence-corrected chi connectivity index (χ3v) is 3.04. The SMILES string of the molecule is Cc1ccc(CN2C[C@H](C(=O)[O-])CC2=O)cc1. The molecule has 1 heterocycles. The van der Waals surface area contributed by atoms with E-state index in [2.05, 4.69) is 0 Å². The molecule has 1 aliphatic rings. The molecule has 0 unspecified atom stereocenters. The molecule has 0 aliphatic carbocycles. The zero-order valence-corrected chi connectivity index (χ0v) is 9.68. The van der Waals surface area contributed by atoms with Crippen LogP contribution in [0.5, 0.6) is 0 Å². The van der Waals surface area contributed by atoms with Crippen LogP contribution in [0.3, 0.4) is 0 Å². The number of aryl methyl sites for hydroxylation is 1. The second kappa shape index (κ2) is 4.57. The summed E-state index contributed by atoms with van der Waals surface area (Å²) in [6, 6.07) is 7.86. The Morgan fingerprint density at radius 3 is 2.59 bits per heavy atom. The number of benzene rings is 1. The summed E-state index contributed by atoms with van der Waals surface area (Å²) < 4.78 is 0. The number of hydrogen-bond acceptors (Lipinski definition) is 3. The van der Waals surface area contributed by atoms with Crippen LogP contribution < -0.4 is 5.11 Å². The van der Waals surface area contributed by atoms with Gasteiger partial charge in [-0.1, -0.05) is 29.8 Å². The van der Waals surface area contributed by atoms with E-state index in [1.54, 1.807) is 4.90 Å². The van der Waals surface area contributed by atoms with Crippen molar-refractivity contribution in [2.24, 2.45) is 5.92 Å². The molecule has 0 bridgehead atoms. The van der Waals surface area contributed by atoms with Gasteiger partial charge < -0.3 is 14.8 Å². The minimum atomic E-state index is -1.13. The highest BCUT2D eigenvalue weighted by Crippen LogP contribution is 2.19. The predicted octanol–water partition coefficient (Wildman–Crippen LogP) is 0.0934. The van der Waals surface area contributed by atoms with Gasteiger partial charge in [-0.05, 0) is 12.5 Å². The van der Waals surface area contributed by atoms with Gasteiger partial charge >= 0.3 is 0 Å². The van der Waals surface area contributed by atoms with Crippen molar-refractivity contribution in [2.45, 2.75) is 19.9 Å². The molecule has 1 amide bonds. The summed E-state index contributed by atoms with van der Waals surface area (Å²) in [5.74, 6) is -1.91. The fourth-order valence-electron chi connectivity index (χ4n) is 2.00. The van der Waals surface area contributed by atoms with E-state index in [9.17, 15) is 14.7 Å². The monoisotopic (exact) mass is 232 g/mol. The molecule has 4 heteroatoms. The van der Waals surface area contributed by atoms with Crippen LogP contribution in [0.25, 0.3) is 0 Å². The molecule has 1 atom stereocenters. The molecule has 0 aromatic heterocycles. The van der Waals surface area contributed by atoms with Crippen molar-refractivity contribution in [2.75, 3.05) is 6.54 Å². The number of rotatable bonds is 3. The highest BCUT2D eigenvalue weighted by Gasteiger charge is 2.30. The summed E-state index contributed by atoms with van der Waals surface area (Å²) in [7, 11) is 0. The van der Waals surface area contributed by atoms with Crippen molar-refractivity contribution >= 4 is 11.9 Å². The van der Waals surface area contributed by atoms with E-state index in [-0.39, 0.29) is 18.9 Å². The Hall–Kier alpha value is -1.84. The molecule has 1 aromatic rings. The minimum absolute atomic E-state index is 0.0637. The number of hydrogen-bond donors (Lipinski definition) is 0. The first-order chi connectivity index (χ1) is 8.06. The number of carboxylic acid groups (broad SMARTS) is 1. The molecule has 1 saturated heterocycles. The van der Waals surface area contributed by atoms with Crippen LogP contribution in [0.1, 0.15) is 17.5 Å². The molecule has 2 rings (SSSR count). The summed E-state index contributed by atoms with van der Waals surface area (Å²) in [5.41, 5.74) is 2.18. The number of nitrogens with zero attached hydrogens (tertiary/aromatic N) is 1. The Kier molecular flexibility index (Phi) is 3.13. The highest BCUT2D eigenvalue weighted by atomic mass is 16.4. The van der Waals surface area contributed by atoms with Crippen molar-refractivity contribution in [1.82, 2.24) is 4.90 Å². The van der Waals surface area contributed by atoms with E-state index < -0.39 is 11.9 Å². The summed E-state index contributed by atoms with van der Waals surface area (Å²) in [6.45, 7) is 2.73. The molecule has 90 valence electrons. The maximum Gasteiger partial charge on any atom is 0.223 e. The Bertz CT molecular complexity index is 438. The van der Waals surface area contributed by atoms with Gasteiger partial charge in [0.1, 0.15) is 0 Å². The third kappa shape index (κ3) is 2.64. The fraction of sp³-hybridized carbons (Fsp3) is 0.385. The lowest BCUT2D eigenvalue weighted by Gasteiger charge is -2.17. The van der Waals surface area contributed by atoms with Crippen molar-refractivity contribution in [1.29, 1.82) is 0 Å². The molecule has 0 saturated carbocycles.